The highest BCUT2D eigenvalue weighted by molar-refractivity contribution is 8.13. The average molecular weight is 338 g/mol. The molecular weight excluding hydrogens is 316 g/mol. The van der Waals surface area contributed by atoms with Gasteiger partial charge in [-0.1, -0.05) is 71.4 Å². The van der Waals surface area contributed by atoms with E-state index in [1.807, 2.05) is 25.1 Å². The van der Waals surface area contributed by atoms with Crippen LogP contribution < -0.4 is 0 Å². The fraction of sp³-hybridized carbons (Fsp3) is 0.333. The molecule has 0 unspecified atom stereocenters. The molecule has 2 aromatic rings. The Morgan fingerprint density at radius 1 is 1.00 bits per heavy atom. The lowest BCUT2D eigenvalue weighted by molar-refractivity contribution is -0.126. The number of benzene rings is 2. The van der Waals surface area contributed by atoms with Crippen LogP contribution in [0.4, 0.5) is 0 Å². The van der Waals surface area contributed by atoms with Crippen molar-refractivity contribution in [1.82, 2.24) is 0 Å². The molecule has 0 heterocycles. The van der Waals surface area contributed by atoms with E-state index in [4.69, 9.17) is 0 Å². The Hall–Kier alpha value is -1.87. The minimum Gasteiger partial charge on any atom is -0.299 e. The van der Waals surface area contributed by atoms with Crippen molar-refractivity contribution >= 4 is 22.7 Å². The Morgan fingerprint density at radius 2 is 1.58 bits per heavy atom. The van der Waals surface area contributed by atoms with Gasteiger partial charge in [-0.15, -0.1) is 0 Å². The van der Waals surface area contributed by atoms with Crippen LogP contribution in [0.5, 0.6) is 0 Å². The molecular formula is C21H22O2S. The number of aryl methyl sites for hydroxylation is 2. The first-order chi connectivity index (χ1) is 11.5. The van der Waals surface area contributed by atoms with Gasteiger partial charge in [-0.2, -0.15) is 0 Å². The van der Waals surface area contributed by atoms with E-state index in [0.717, 1.165) is 16.7 Å². The molecule has 1 fully saturated rings. The quantitative estimate of drug-likeness (QED) is 0.764. The van der Waals surface area contributed by atoms with Crippen LogP contribution in [-0.2, 0) is 9.59 Å². The normalized spacial score (nSPS) is 23.5. The maximum Gasteiger partial charge on any atom is 0.199 e. The zero-order valence-electron chi connectivity index (χ0n) is 14.3. The molecule has 2 aromatic carbocycles. The van der Waals surface area contributed by atoms with Gasteiger partial charge >= 0.3 is 0 Å². The average Bonchev–Trinajstić information content (AvgIpc) is 2.91. The number of hydrogen-bond acceptors (Lipinski definition) is 3. The molecule has 2 nitrogen and oxygen atoms in total. The van der Waals surface area contributed by atoms with Crippen LogP contribution >= 0.6 is 11.8 Å². The molecule has 0 radical (unpaired) electrons. The number of carbonyl (C=O) groups excluding carboxylic acids is 2. The molecule has 124 valence electrons. The Labute approximate surface area is 147 Å². The third-order valence-electron chi connectivity index (χ3n) is 4.91. The van der Waals surface area contributed by atoms with E-state index in [1.165, 1.54) is 17.3 Å². The van der Waals surface area contributed by atoms with Gasteiger partial charge in [0.25, 0.3) is 0 Å². The van der Waals surface area contributed by atoms with E-state index in [1.54, 1.807) is 6.26 Å². The van der Waals surface area contributed by atoms with Crippen molar-refractivity contribution in [2.24, 2.45) is 5.92 Å². The highest BCUT2D eigenvalue weighted by Gasteiger charge is 2.47. The molecule has 1 aliphatic carbocycles. The summed E-state index contributed by atoms with van der Waals surface area (Å²) in [6.45, 7) is 4.11. The summed E-state index contributed by atoms with van der Waals surface area (Å²) >= 11 is 1.17. The molecule has 3 atom stereocenters. The van der Waals surface area contributed by atoms with Crippen LogP contribution in [0.2, 0.25) is 0 Å². The fourth-order valence-electron chi connectivity index (χ4n) is 3.84. The number of hydrogen-bond donors (Lipinski definition) is 0. The smallest absolute Gasteiger partial charge is 0.199 e. The Balaban J connectivity index is 2.10. The van der Waals surface area contributed by atoms with Gasteiger partial charge in [0.05, 0.1) is 5.92 Å². The van der Waals surface area contributed by atoms with Crippen LogP contribution in [0.25, 0.3) is 0 Å². The number of ketones is 1. The molecule has 24 heavy (non-hydrogen) atoms. The summed E-state index contributed by atoms with van der Waals surface area (Å²) in [5, 5.41) is -0.0124. The van der Waals surface area contributed by atoms with Gasteiger partial charge in [0.15, 0.2) is 5.12 Å². The van der Waals surface area contributed by atoms with Crippen molar-refractivity contribution in [3.8, 4) is 0 Å². The molecule has 3 rings (SSSR count). The van der Waals surface area contributed by atoms with Crippen LogP contribution in [0, 0.1) is 19.8 Å². The summed E-state index contributed by atoms with van der Waals surface area (Å²) < 4.78 is 0. The van der Waals surface area contributed by atoms with E-state index in [-0.39, 0.29) is 22.7 Å². The molecule has 3 heteroatoms. The van der Waals surface area contributed by atoms with Crippen molar-refractivity contribution in [3.63, 3.8) is 0 Å². The fourth-order valence-corrected chi connectivity index (χ4v) is 4.37. The minimum atomic E-state index is -0.535. The molecule has 0 aliphatic heterocycles. The van der Waals surface area contributed by atoms with Gasteiger partial charge in [-0.05, 0) is 37.1 Å². The molecule has 1 saturated carbocycles. The number of carbonyl (C=O) groups is 2. The van der Waals surface area contributed by atoms with Crippen molar-refractivity contribution in [3.05, 3.63) is 70.8 Å². The van der Waals surface area contributed by atoms with Gasteiger partial charge < -0.3 is 0 Å². The first-order valence-electron chi connectivity index (χ1n) is 8.25. The molecule has 0 saturated heterocycles. The van der Waals surface area contributed by atoms with Gasteiger partial charge in [-0.25, -0.2) is 0 Å². The maximum absolute atomic E-state index is 12.7. The molecule has 0 spiro atoms. The lowest BCUT2D eigenvalue weighted by atomic mass is 9.79. The Kier molecular flexibility index (Phi) is 4.91. The SMILES string of the molecule is CSC(=O)[C@H]1C(=O)C[C@@H](c2cccc(C)c2)[C@@H]1c1cccc(C)c1. The second kappa shape index (κ2) is 6.94. The Morgan fingerprint density at radius 3 is 2.17 bits per heavy atom. The Bertz CT molecular complexity index is 781. The summed E-state index contributed by atoms with van der Waals surface area (Å²) in [4.78, 5) is 25.2. The third-order valence-corrected chi connectivity index (χ3v) is 5.57. The van der Waals surface area contributed by atoms with Crippen molar-refractivity contribution in [1.29, 1.82) is 0 Å². The third kappa shape index (κ3) is 3.18. The summed E-state index contributed by atoms with van der Waals surface area (Å²) in [6.07, 6.45) is 2.21. The van der Waals surface area contributed by atoms with Crippen LogP contribution in [-0.4, -0.2) is 17.2 Å². The number of thioether (sulfide) groups is 1. The van der Waals surface area contributed by atoms with Gasteiger partial charge in [-0.3, -0.25) is 9.59 Å². The van der Waals surface area contributed by atoms with Crippen molar-refractivity contribution in [2.45, 2.75) is 32.1 Å². The van der Waals surface area contributed by atoms with E-state index in [0.29, 0.717) is 6.42 Å². The van der Waals surface area contributed by atoms with E-state index < -0.39 is 5.92 Å². The second-order valence-corrected chi connectivity index (χ2v) is 7.44. The summed E-state index contributed by atoms with van der Waals surface area (Å²) in [6, 6.07) is 16.6. The predicted octanol–water partition coefficient (Wildman–Crippen LogP) is 4.65. The molecule has 0 amide bonds. The molecule has 1 aliphatic rings. The molecule has 0 N–H and O–H groups in total. The van der Waals surface area contributed by atoms with Gasteiger partial charge in [0.2, 0.25) is 0 Å². The van der Waals surface area contributed by atoms with Crippen molar-refractivity contribution in [2.75, 3.05) is 6.26 Å². The number of rotatable bonds is 3. The van der Waals surface area contributed by atoms with Crippen LogP contribution in [0.1, 0.15) is 40.5 Å². The minimum absolute atomic E-state index is 0.0124. The summed E-state index contributed by atoms with van der Waals surface area (Å²) in [7, 11) is 0. The second-order valence-electron chi connectivity index (χ2n) is 6.63. The van der Waals surface area contributed by atoms with E-state index in [2.05, 4.69) is 37.3 Å². The van der Waals surface area contributed by atoms with Gasteiger partial charge in [0, 0.05) is 12.3 Å². The van der Waals surface area contributed by atoms with Crippen LogP contribution in [0.15, 0.2) is 48.5 Å². The van der Waals surface area contributed by atoms with Crippen molar-refractivity contribution < 1.29 is 9.59 Å². The first-order valence-corrected chi connectivity index (χ1v) is 9.47. The molecule has 0 bridgehead atoms. The molecule has 0 aromatic heterocycles. The summed E-state index contributed by atoms with van der Waals surface area (Å²) in [5.74, 6) is -0.459. The maximum atomic E-state index is 12.7. The lowest BCUT2D eigenvalue weighted by Crippen LogP contribution is -2.22. The zero-order chi connectivity index (χ0) is 17.3. The zero-order valence-corrected chi connectivity index (χ0v) is 15.1. The largest absolute Gasteiger partial charge is 0.299 e. The highest BCUT2D eigenvalue weighted by atomic mass is 32.2. The monoisotopic (exact) mass is 338 g/mol. The number of Topliss-reactive ketones (excluding diaryl/α,β-unsaturated/α-hetero) is 1. The summed E-state index contributed by atoms with van der Waals surface area (Å²) in [5.41, 5.74) is 4.60. The highest BCUT2D eigenvalue weighted by Crippen LogP contribution is 2.49. The lowest BCUT2D eigenvalue weighted by Gasteiger charge is -2.24. The van der Waals surface area contributed by atoms with Crippen LogP contribution in [0.3, 0.4) is 0 Å². The van der Waals surface area contributed by atoms with Gasteiger partial charge in [0.1, 0.15) is 5.78 Å². The van der Waals surface area contributed by atoms with E-state index in [9.17, 15) is 9.59 Å². The first kappa shape index (κ1) is 17.0. The predicted molar refractivity (Wildman–Crippen MR) is 99.5 cm³/mol. The topological polar surface area (TPSA) is 34.1 Å². The van der Waals surface area contributed by atoms with E-state index >= 15 is 0 Å². The standard InChI is InChI=1S/C21H22O2S/c1-13-6-4-8-15(10-13)17-12-18(22)20(21(23)24-3)19(17)16-9-5-7-14(2)11-16/h4-11,17,19-20H,12H2,1-3H3/t17-,19-,20-/m0/s1.